The predicted molar refractivity (Wildman–Crippen MR) is 221 cm³/mol. The van der Waals surface area contributed by atoms with Crippen LogP contribution >= 0.6 is 27.5 Å². The zero-order valence-electron chi connectivity index (χ0n) is 33.4. The van der Waals surface area contributed by atoms with Crippen LogP contribution in [0.15, 0.2) is 73.3 Å². The highest BCUT2D eigenvalue weighted by Gasteiger charge is 2.37. The van der Waals surface area contributed by atoms with E-state index in [9.17, 15) is 28.8 Å². The fraction of sp³-hybridized carbons (Fsp3) is 0.488. The molecule has 13 nitrogen and oxygen atoms in total. The molecule has 2 amide bonds. The molecule has 0 aromatic heterocycles. The lowest BCUT2D eigenvalue weighted by Gasteiger charge is -2.34. The molecule has 1 heterocycles. The number of hydrogen-bond donors (Lipinski definition) is 2. The van der Waals surface area contributed by atoms with Crippen molar-refractivity contribution in [3.05, 3.63) is 89.5 Å². The van der Waals surface area contributed by atoms with Crippen LogP contribution in [0, 0.1) is 17.8 Å². The number of halogens is 2. The van der Waals surface area contributed by atoms with Gasteiger partial charge in [-0.05, 0) is 54.5 Å². The topological polar surface area (TPSA) is 173 Å². The number of esters is 3. The highest BCUT2D eigenvalue weighted by molar-refractivity contribution is 9.09. The lowest BCUT2D eigenvalue weighted by molar-refractivity contribution is -0.178. The summed E-state index contributed by atoms with van der Waals surface area (Å²) in [6.07, 6.45) is 2.36. The number of aldehydes is 1. The average Bonchev–Trinajstić information content (AvgIpc) is 3.19. The first kappa shape index (κ1) is 47.8. The monoisotopic (exact) mass is 888 g/mol. The molecule has 1 aliphatic heterocycles. The van der Waals surface area contributed by atoms with Gasteiger partial charge in [-0.25, -0.2) is 4.79 Å². The molecule has 2 aromatic rings. The minimum absolute atomic E-state index is 0.0171. The van der Waals surface area contributed by atoms with Crippen LogP contribution in [0.4, 0.5) is 0 Å². The van der Waals surface area contributed by atoms with Crippen LogP contribution in [-0.2, 0) is 54.1 Å². The number of ether oxygens (including phenoxy) is 5. The molecule has 0 saturated carbocycles. The number of hydrogen-bond acceptors (Lipinski definition) is 11. The molecule has 0 aliphatic carbocycles. The molecule has 0 fully saturated rings. The molecule has 0 saturated heterocycles. The smallest absolute Gasteiger partial charge is 0.347 e. The van der Waals surface area contributed by atoms with Gasteiger partial charge in [-0.15, -0.1) is 0 Å². The molecule has 0 unspecified atom stereocenters. The fourth-order valence-corrected chi connectivity index (χ4v) is 7.54. The summed E-state index contributed by atoms with van der Waals surface area (Å²) in [5, 5.41) is 5.82. The van der Waals surface area contributed by atoms with E-state index in [0.717, 1.165) is 5.56 Å². The van der Waals surface area contributed by atoms with Crippen LogP contribution in [0.25, 0.3) is 0 Å². The Balaban J connectivity index is 2.04. The maximum absolute atomic E-state index is 14.0. The Morgan fingerprint density at radius 3 is 2.45 bits per heavy atom. The minimum atomic E-state index is -1.33. The Bertz CT molecular complexity index is 1720. The van der Waals surface area contributed by atoms with E-state index in [1.54, 1.807) is 25.1 Å². The van der Waals surface area contributed by atoms with Gasteiger partial charge in [-0.1, -0.05) is 103 Å². The lowest BCUT2D eigenvalue weighted by Crippen LogP contribution is -2.49. The van der Waals surface area contributed by atoms with Crippen LogP contribution in [-0.4, -0.2) is 87.2 Å². The van der Waals surface area contributed by atoms with Gasteiger partial charge in [0.05, 0.1) is 29.0 Å². The fourth-order valence-electron chi connectivity index (χ4n) is 6.32. The first-order valence-corrected chi connectivity index (χ1v) is 20.6. The molecule has 0 spiro atoms. The highest BCUT2D eigenvalue weighted by Crippen LogP contribution is 2.36. The summed E-state index contributed by atoms with van der Waals surface area (Å²) in [5.74, 6) is -4.51. The zero-order valence-corrected chi connectivity index (χ0v) is 35.7. The number of methoxy groups -OCH3 is 1. The van der Waals surface area contributed by atoms with Crippen LogP contribution in [0.5, 0.6) is 5.75 Å². The summed E-state index contributed by atoms with van der Waals surface area (Å²) in [6.45, 7) is 8.64. The van der Waals surface area contributed by atoms with E-state index in [2.05, 4.69) is 33.1 Å². The second-order valence-corrected chi connectivity index (χ2v) is 15.7. The van der Waals surface area contributed by atoms with Crippen molar-refractivity contribution in [1.82, 2.24) is 10.6 Å². The summed E-state index contributed by atoms with van der Waals surface area (Å²) in [4.78, 5) is 78.5. The quantitative estimate of drug-likeness (QED) is 0.0575. The molecule has 1 aliphatic rings. The van der Waals surface area contributed by atoms with Crippen LogP contribution in [0.3, 0.4) is 0 Å². The largest absolute Gasteiger partial charge is 0.495 e. The normalized spacial score (nSPS) is 21.6. The van der Waals surface area contributed by atoms with Gasteiger partial charge >= 0.3 is 17.9 Å². The minimum Gasteiger partial charge on any atom is -0.495 e. The number of nitrogens with one attached hydrogen (secondary N) is 2. The predicted octanol–water partition coefficient (Wildman–Crippen LogP) is 6.19. The number of amides is 2. The lowest BCUT2D eigenvalue weighted by atomic mass is 9.90. The van der Waals surface area contributed by atoms with Gasteiger partial charge < -0.3 is 39.1 Å². The van der Waals surface area contributed by atoms with Crippen molar-refractivity contribution in [2.75, 3.05) is 26.9 Å². The molecule has 58 heavy (non-hydrogen) atoms. The molecule has 0 radical (unpaired) electrons. The van der Waals surface area contributed by atoms with Gasteiger partial charge in [0.15, 0.2) is 6.10 Å². The van der Waals surface area contributed by atoms with Crippen molar-refractivity contribution in [2.24, 2.45) is 17.8 Å². The SMILES string of the molecule is C=CCOC(=O)CCC[C@@H]1CNC(=O)[C@@H](Cc2ccc(OC)c(Cl)c2)NC(=O)/C=C/C[C@@H]([C@H](C)[C@@H](OCC=O)[C@@H](Br)c2ccccc2)OC(=O)[C@H](CC(C)C)OC1=O. The van der Waals surface area contributed by atoms with E-state index in [0.29, 0.717) is 22.6 Å². The second kappa shape index (κ2) is 25.1. The van der Waals surface area contributed by atoms with Crippen LogP contribution in [0.1, 0.15) is 68.8 Å². The van der Waals surface area contributed by atoms with Gasteiger partial charge in [0.25, 0.3) is 0 Å². The molecular formula is C43H54BrClN2O11. The number of cyclic esters (lactones) is 2. The third-order valence-corrected chi connectivity index (χ3v) is 10.8. The standard InChI is InChI=1S/C43H54BrClN2O11/c1-6-21-55-38(50)17-10-14-31-26-46-41(51)33(25-29-18-19-35(54-5)32(45)24-29)47-37(49)16-11-15-34(57-43(53)36(23-27(2)3)58-42(31)52)28(4)40(56-22-20-48)39(44)30-12-8-7-9-13-30/h6-9,11-13,16,18-20,24,27-28,31,33-34,36,39-40H,1,10,14-15,17,21-23,25-26H2,2-5H3,(H,46,51)(H,47,49)/b16-11+/t28-,31+,33+,34-,36-,39-,40+/m0/s1. The van der Waals surface area contributed by atoms with E-state index < -0.39 is 70.7 Å². The molecular weight excluding hydrogens is 836 g/mol. The van der Waals surface area contributed by atoms with Crippen molar-refractivity contribution >= 4 is 63.5 Å². The van der Waals surface area contributed by atoms with Gasteiger partial charge in [0.1, 0.15) is 37.4 Å². The van der Waals surface area contributed by atoms with E-state index >= 15 is 0 Å². The van der Waals surface area contributed by atoms with E-state index in [4.69, 9.17) is 35.3 Å². The summed E-state index contributed by atoms with van der Waals surface area (Å²) < 4.78 is 28.4. The van der Waals surface area contributed by atoms with Crippen LogP contribution in [0.2, 0.25) is 5.02 Å². The number of carbonyl (C=O) groups excluding carboxylic acids is 6. The first-order chi connectivity index (χ1) is 27.8. The number of alkyl halides is 1. The van der Waals surface area contributed by atoms with E-state index in [1.807, 2.05) is 44.2 Å². The molecule has 316 valence electrons. The van der Waals surface area contributed by atoms with Crippen molar-refractivity contribution in [2.45, 2.75) is 88.5 Å². The van der Waals surface area contributed by atoms with Crippen LogP contribution < -0.4 is 15.4 Å². The Hall–Kier alpha value is -4.53. The second-order valence-electron chi connectivity index (χ2n) is 14.3. The van der Waals surface area contributed by atoms with Crippen molar-refractivity contribution in [1.29, 1.82) is 0 Å². The Morgan fingerprint density at radius 2 is 1.79 bits per heavy atom. The number of rotatable bonds is 18. The number of benzene rings is 2. The molecule has 3 rings (SSSR count). The Morgan fingerprint density at radius 1 is 1.05 bits per heavy atom. The number of carbonyl (C=O) groups is 6. The summed E-state index contributed by atoms with van der Waals surface area (Å²) in [5.41, 5.74) is 1.48. The van der Waals surface area contributed by atoms with E-state index in [-0.39, 0.29) is 64.2 Å². The summed E-state index contributed by atoms with van der Waals surface area (Å²) in [7, 11) is 1.48. The molecule has 7 atom stereocenters. The molecule has 2 aromatic carbocycles. The first-order valence-electron chi connectivity index (χ1n) is 19.3. The molecule has 2 N–H and O–H groups in total. The molecule has 0 bridgehead atoms. The van der Waals surface area contributed by atoms with Crippen molar-refractivity contribution < 1.29 is 52.5 Å². The van der Waals surface area contributed by atoms with Crippen molar-refractivity contribution in [3.63, 3.8) is 0 Å². The van der Waals surface area contributed by atoms with Crippen molar-refractivity contribution in [3.8, 4) is 5.75 Å². The van der Waals surface area contributed by atoms with Gasteiger partial charge in [-0.3, -0.25) is 19.2 Å². The Kier molecular flexibility index (Phi) is 20.7. The van der Waals surface area contributed by atoms with Gasteiger partial charge in [-0.2, -0.15) is 0 Å². The highest BCUT2D eigenvalue weighted by atomic mass is 79.9. The van der Waals surface area contributed by atoms with E-state index in [1.165, 1.54) is 25.3 Å². The zero-order chi connectivity index (χ0) is 42.6. The van der Waals surface area contributed by atoms with Gasteiger partial charge in [0, 0.05) is 31.7 Å². The third kappa shape index (κ3) is 15.7. The average molecular weight is 890 g/mol. The maximum atomic E-state index is 14.0. The maximum Gasteiger partial charge on any atom is 0.347 e. The molecule has 15 heteroatoms. The Labute approximate surface area is 353 Å². The third-order valence-electron chi connectivity index (χ3n) is 9.42. The summed E-state index contributed by atoms with van der Waals surface area (Å²) >= 11 is 10.1. The summed E-state index contributed by atoms with van der Waals surface area (Å²) in [6, 6.07) is 13.3. The van der Waals surface area contributed by atoms with Gasteiger partial charge in [0.2, 0.25) is 11.8 Å².